The monoisotopic (exact) mass is 593 g/mol. The van der Waals surface area contributed by atoms with E-state index in [1.165, 1.54) is 13.5 Å². The van der Waals surface area contributed by atoms with Crippen LogP contribution in [0.5, 0.6) is 11.9 Å². The van der Waals surface area contributed by atoms with Gasteiger partial charge in [-0.05, 0) is 56.2 Å². The number of benzene rings is 1. The fourth-order valence-corrected chi connectivity index (χ4v) is 6.16. The van der Waals surface area contributed by atoms with Crippen molar-refractivity contribution in [2.24, 2.45) is 11.8 Å². The minimum atomic E-state index is -0.444. The third-order valence-electron chi connectivity index (χ3n) is 8.54. The lowest BCUT2D eigenvalue weighted by molar-refractivity contribution is -0.131. The maximum atomic E-state index is 13.4. The summed E-state index contributed by atoms with van der Waals surface area (Å²) in [5.41, 5.74) is 2.36. The fourth-order valence-electron chi connectivity index (χ4n) is 6.16. The molecule has 1 saturated carbocycles. The zero-order valence-corrected chi connectivity index (χ0v) is 26.1. The smallest absolute Gasteiger partial charge is 0.319 e. The van der Waals surface area contributed by atoms with E-state index in [1.807, 2.05) is 49.9 Å². The van der Waals surface area contributed by atoms with E-state index in [-0.39, 0.29) is 47.9 Å². The van der Waals surface area contributed by atoms with Gasteiger partial charge in [0.2, 0.25) is 11.8 Å². The van der Waals surface area contributed by atoms with E-state index in [0.717, 1.165) is 49.7 Å². The van der Waals surface area contributed by atoms with E-state index in [0.29, 0.717) is 37.7 Å². The standard InChI is InChI=1S/C33H47N5O5/c1-5-43-32-27(19-35-33(37-32)42-4)18-34-20-28(39)38-16-10-15-26(21-38)24-13-9-14-25(17-24)31(41)36-29(30(40)22(2)3)23-11-7-6-8-12-23/h9,13-14,17,19,22-23,26,29,34H,5-8,10-12,15-16,18,20-21H2,1-4H3,(H,36,41)/t26-,29-/m1/s1. The van der Waals surface area contributed by atoms with Gasteiger partial charge in [0.05, 0.1) is 26.3 Å². The lowest BCUT2D eigenvalue weighted by atomic mass is 9.80. The molecule has 43 heavy (non-hydrogen) atoms. The highest BCUT2D eigenvalue weighted by molar-refractivity contribution is 5.98. The molecule has 2 aliphatic rings. The van der Waals surface area contributed by atoms with Crippen LogP contribution < -0.4 is 20.1 Å². The van der Waals surface area contributed by atoms with Crippen molar-refractivity contribution in [2.75, 3.05) is 33.4 Å². The molecule has 2 amide bonds. The largest absolute Gasteiger partial charge is 0.478 e. The van der Waals surface area contributed by atoms with Crippen molar-refractivity contribution < 1.29 is 23.9 Å². The number of nitrogens with zero attached hydrogens (tertiary/aromatic N) is 3. The maximum Gasteiger partial charge on any atom is 0.319 e. The summed E-state index contributed by atoms with van der Waals surface area (Å²) in [4.78, 5) is 49.9. The molecule has 1 aromatic carbocycles. The Kier molecular flexibility index (Phi) is 11.9. The van der Waals surface area contributed by atoms with Gasteiger partial charge in [-0.25, -0.2) is 4.98 Å². The van der Waals surface area contributed by atoms with Gasteiger partial charge in [0.1, 0.15) is 0 Å². The number of likely N-dealkylation sites (tertiary alicyclic amines) is 1. The third-order valence-corrected chi connectivity index (χ3v) is 8.54. The lowest BCUT2D eigenvalue weighted by Gasteiger charge is -2.33. The lowest BCUT2D eigenvalue weighted by Crippen LogP contribution is -2.48. The van der Waals surface area contributed by atoms with Crippen LogP contribution >= 0.6 is 0 Å². The van der Waals surface area contributed by atoms with E-state index < -0.39 is 6.04 Å². The number of hydrogen-bond acceptors (Lipinski definition) is 8. The molecule has 1 aromatic heterocycles. The van der Waals surface area contributed by atoms with Crippen LogP contribution in [0, 0.1) is 11.8 Å². The van der Waals surface area contributed by atoms with Crippen LogP contribution in [-0.2, 0) is 16.1 Å². The first-order chi connectivity index (χ1) is 20.8. The van der Waals surface area contributed by atoms with Crippen LogP contribution in [0.4, 0.5) is 0 Å². The Morgan fingerprint density at radius 3 is 2.60 bits per heavy atom. The summed E-state index contributed by atoms with van der Waals surface area (Å²) in [6, 6.07) is 7.47. The number of nitrogens with one attached hydrogen (secondary N) is 2. The first-order valence-corrected chi connectivity index (χ1v) is 15.8. The summed E-state index contributed by atoms with van der Waals surface area (Å²) >= 11 is 0. The molecule has 234 valence electrons. The average molecular weight is 594 g/mol. The number of methoxy groups -OCH3 is 1. The zero-order chi connectivity index (χ0) is 30.8. The highest BCUT2D eigenvalue weighted by Gasteiger charge is 2.32. The van der Waals surface area contributed by atoms with E-state index in [9.17, 15) is 14.4 Å². The van der Waals surface area contributed by atoms with Crippen LogP contribution in [0.15, 0.2) is 30.5 Å². The molecule has 10 heteroatoms. The van der Waals surface area contributed by atoms with Gasteiger partial charge in [-0.2, -0.15) is 4.98 Å². The van der Waals surface area contributed by atoms with Crippen molar-refractivity contribution >= 4 is 17.6 Å². The number of piperidine rings is 1. The van der Waals surface area contributed by atoms with E-state index in [4.69, 9.17) is 9.47 Å². The number of carbonyl (C=O) groups is 3. The summed E-state index contributed by atoms with van der Waals surface area (Å²) in [6.07, 6.45) is 8.84. The molecule has 1 saturated heterocycles. The molecule has 0 spiro atoms. The van der Waals surface area contributed by atoms with Crippen LogP contribution in [0.3, 0.4) is 0 Å². The predicted molar refractivity (Wildman–Crippen MR) is 164 cm³/mol. The van der Waals surface area contributed by atoms with Crippen molar-refractivity contribution in [2.45, 2.75) is 84.2 Å². The Hall–Kier alpha value is -3.53. The fraction of sp³-hybridized carbons (Fsp3) is 0.606. The zero-order valence-electron chi connectivity index (χ0n) is 26.1. The van der Waals surface area contributed by atoms with Gasteiger partial charge < -0.3 is 25.0 Å². The number of amides is 2. The normalized spacial score (nSPS) is 18.3. The minimum Gasteiger partial charge on any atom is -0.478 e. The number of Topliss-reactive ketones (excluding diaryl/α,β-unsaturated/α-hetero) is 1. The molecule has 4 rings (SSSR count). The van der Waals surface area contributed by atoms with Crippen molar-refractivity contribution in [3.05, 3.63) is 47.2 Å². The first-order valence-electron chi connectivity index (χ1n) is 15.8. The topological polar surface area (TPSA) is 123 Å². The molecule has 1 aliphatic carbocycles. The molecule has 0 radical (unpaired) electrons. The number of aromatic nitrogens is 2. The molecule has 1 aliphatic heterocycles. The van der Waals surface area contributed by atoms with Gasteiger partial charge in [-0.3, -0.25) is 14.4 Å². The van der Waals surface area contributed by atoms with E-state index in [1.54, 1.807) is 6.20 Å². The molecule has 2 heterocycles. The summed E-state index contributed by atoms with van der Waals surface area (Å²) in [7, 11) is 1.50. The Balaban J connectivity index is 1.35. The van der Waals surface area contributed by atoms with Gasteiger partial charge >= 0.3 is 6.01 Å². The number of rotatable bonds is 13. The molecular formula is C33H47N5O5. The Morgan fingerprint density at radius 2 is 1.88 bits per heavy atom. The van der Waals surface area contributed by atoms with Crippen molar-refractivity contribution in [3.63, 3.8) is 0 Å². The second kappa shape index (κ2) is 15.8. The maximum absolute atomic E-state index is 13.4. The number of hydrogen-bond donors (Lipinski definition) is 2. The minimum absolute atomic E-state index is 0.0218. The van der Waals surface area contributed by atoms with Crippen molar-refractivity contribution in [1.82, 2.24) is 25.5 Å². The van der Waals surface area contributed by atoms with Gasteiger partial charge in [0.15, 0.2) is 5.78 Å². The Labute approximate surface area is 255 Å². The summed E-state index contributed by atoms with van der Waals surface area (Å²) in [6.45, 7) is 8.02. The Morgan fingerprint density at radius 1 is 1.09 bits per heavy atom. The second-order valence-electron chi connectivity index (χ2n) is 11.9. The molecule has 10 nitrogen and oxygen atoms in total. The quantitative estimate of drug-likeness (QED) is 0.353. The molecular weight excluding hydrogens is 546 g/mol. The average Bonchev–Trinajstić information content (AvgIpc) is 3.04. The van der Waals surface area contributed by atoms with Crippen LogP contribution in [0.2, 0.25) is 0 Å². The molecule has 2 aromatic rings. The molecule has 2 N–H and O–H groups in total. The SMILES string of the molecule is CCOc1nc(OC)ncc1CNCC(=O)N1CCC[C@@H](c2cccc(C(=O)N[C@@H](C(=O)C(C)C)C3CCCCC3)c2)C1. The van der Waals surface area contributed by atoms with E-state index >= 15 is 0 Å². The summed E-state index contributed by atoms with van der Waals surface area (Å²) in [5, 5.41) is 6.31. The van der Waals surface area contributed by atoms with Gasteiger partial charge in [-0.1, -0.05) is 45.2 Å². The summed E-state index contributed by atoms with van der Waals surface area (Å²) in [5.74, 6) is 0.577. The number of ether oxygens (including phenoxy) is 2. The van der Waals surface area contributed by atoms with Gasteiger partial charge in [0.25, 0.3) is 5.91 Å². The summed E-state index contributed by atoms with van der Waals surface area (Å²) < 4.78 is 10.7. The first kappa shape index (κ1) is 32.4. The second-order valence-corrected chi connectivity index (χ2v) is 11.9. The Bertz CT molecular complexity index is 1250. The number of ketones is 1. The van der Waals surface area contributed by atoms with Crippen molar-refractivity contribution in [1.29, 1.82) is 0 Å². The van der Waals surface area contributed by atoms with Crippen LogP contribution in [0.25, 0.3) is 0 Å². The molecule has 0 unspecified atom stereocenters. The molecule has 2 fully saturated rings. The highest BCUT2D eigenvalue weighted by Crippen LogP contribution is 2.30. The van der Waals surface area contributed by atoms with Gasteiger partial charge in [0, 0.05) is 48.8 Å². The van der Waals surface area contributed by atoms with Crippen LogP contribution in [0.1, 0.15) is 93.1 Å². The third kappa shape index (κ3) is 8.75. The highest BCUT2D eigenvalue weighted by atomic mass is 16.5. The molecule has 2 atom stereocenters. The predicted octanol–water partition coefficient (Wildman–Crippen LogP) is 4.28. The number of carbonyl (C=O) groups excluding carboxylic acids is 3. The van der Waals surface area contributed by atoms with E-state index in [2.05, 4.69) is 20.6 Å². The van der Waals surface area contributed by atoms with Crippen molar-refractivity contribution in [3.8, 4) is 11.9 Å². The molecule has 0 bridgehead atoms. The van der Waals surface area contributed by atoms with Gasteiger partial charge in [-0.15, -0.1) is 0 Å². The van der Waals surface area contributed by atoms with Crippen LogP contribution in [-0.4, -0.2) is 71.9 Å².